The molecule has 0 aliphatic carbocycles. The van der Waals surface area contributed by atoms with E-state index in [1.165, 1.54) is 16.0 Å². The van der Waals surface area contributed by atoms with Crippen molar-refractivity contribution >= 4 is 51.2 Å². The Kier molecular flexibility index (Phi) is 5.74. The maximum absolute atomic E-state index is 12.5. The summed E-state index contributed by atoms with van der Waals surface area (Å²) in [5, 5.41) is 7.56. The van der Waals surface area contributed by atoms with Crippen molar-refractivity contribution in [1.29, 1.82) is 0 Å². The molecule has 2 N–H and O–H groups in total. The lowest BCUT2D eigenvalue weighted by Crippen LogP contribution is -2.51. The van der Waals surface area contributed by atoms with Crippen LogP contribution in [0.15, 0.2) is 36.4 Å². The van der Waals surface area contributed by atoms with Crippen LogP contribution >= 0.6 is 35.1 Å². The predicted octanol–water partition coefficient (Wildman–Crippen LogP) is 4.32. The summed E-state index contributed by atoms with van der Waals surface area (Å²) in [5.41, 5.74) is 1.01. The number of nitrogens with one attached hydrogen (secondary N) is 2. The average Bonchev–Trinajstić information content (AvgIpc) is 3.23. The molecule has 2 unspecified atom stereocenters. The Morgan fingerprint density at radius 1 is 1.24 bits per heavy atom. The van der Waals surface area contributed by atoms with Crippen molar-refractivity contribution in [2.24, 2.45) is 0 Å². The zero-order valence-electron chi connectivity index (χ0n) is 13.8. The fraction of sp³-hybridized carbons (Fsp3) is 0.333. The molecule has 25 heavy (non-hydrogen) atoms. The number of nitrogens with zero attached hydrogens (tertiary/aromatic N) is 1. The standard InChI is InChI=1S/C18H19N3OS2.ClH/c1-11-12(6-4-10-19-11)20-17(22)15-8-9-16(23-15)18-21-13-5-2-3-7-14(13)24-18;/h2-3,5,7-9,11-12,19H,4,6,10H2,1H3,(H,20,22);1H. The summed E-state index contributed by atoms with van der Waals surface area (Å²) in [5.74, 6) is 0.0212. The molecular weight excluding hydrogens is 374 g/mol. The van der Waals surface area contributed by atoms with Gasteiger partial charge in [-0.25, -0.2) is 4.98 Å². The molecule has 1 amide bonds. The number of carbonyl (C=O) groups is 1. The number of hydrogen-bond donors (Lipinski definition) is 2. The predicted molar refractivity (Wildman–Crippen MR) is 108 cm³/mol. The van der Waals surface area contributed by atoms with Crippen molar-refractivity contribution < 1.29 is 4.79 Å². The van der Waals surface area contributed by atoms with Crippen LogP contribution in [0, 0.1) is 0 Å². The molecule has 132 valence electrons. The molecule has 4 nitrogen and oxygen atoms in total. The van der Waals surface area contributed by atoms with Gasteiger partial charge < -0.3 is 10.6 Å². The summed E-state index contributed by atoms with van der Waals surface area (Å²) in [6.07, 6.45) is 2.15. The lowest BCUT2D eigenvalue weighted by molar-refractivity contribution is 0.0924. The number of thiophene rings is 1. The number of thiazole rings is 1. The van der Waals surface area contributed by atoms with Crippen LogP contribution in [0.2, 0.25) is 0 Å². The van der Waals surface area contributed by atoms with E-state index in [4.69, 9.17) is 0 Å². The Hall–Kier alpha value is -1.47. The van der Waals surface area contributed by atoms with Gasteiger partial charge in [0, 0.05) is 12.1 Å². The largest absolute Gasteiger partial charge is 0.347 e. The average molecular weight is 394 g/mol. The maximum atomic E-state index is 12.5. The van der Waals surface area contributed by atoms with Crippen molar-refractivity contribution in [1.82, 2.24) is 15.6 Å². The van der Waals surface area contributed by atoms with E-state index in [9.17, 15) is 4.79 Å². The quantitative estimate of drug-likeness (QED) is 0.696. The molecule has 3 heterocycles. The maximum Gasteiger partial charge on any atom is 0.261 e. The molecule has 3 aromatic rings. The molecule has 0 radical (unpaired) electrons. The van der Waals surface area contributed by atoms with E-state index in [1.807, 2.05) is 30.3 Å². The van der Waals surface area contributed by atoms with Crippen molar-refractivity contribution in [2.45, 2.75) is 31.8 Å². The van der Waals surface area contributed by atoms with E-state index in [2.05, 4.69) is 28.6 Å². The first-order chi connectivity index (χ1) is 11.7. The number of carbonyl (C=O) groups excluding carboxylic acids is 1. The fourth-order valence-electron chi connectivity index (χ4n) is 3.03. The summed E-state index contributed by atoms with van der Waals surface area (Å²) < 4.78 is 1.18. The van der Waals surface area contributed by atoms with Crippen LogP contribution < -0.4 is 10.6 Å². The first-order valence-electron chi connectivity index (χ1n) is 8.21. The minimum Gasteiger partial charge on any atom is -0.347 e. The van der Waals surface area contributed by atoms with Crippen LogP contribution in [0.4, 0.5) is 0 Å². The highest BCUT2D eigenvalue weighted by atomic mass is 35.5. The smallest absolute Gasteiger partial charge is 0.261 e. The van der Waals surface area contributed by atoms with E-state index < -0.39 is 0 Å². The van der Waals surface area contributed by atoms with Crippen molar-refractivity contribution in [3.63, 3.8) is 0 Å². The van der Waals surface area contributed by atoms with Gasteiger partial charge in [-0.1, -0.05) is 12.1 Å². The normalized spacial score (nSPS) is 20.2. The summed E-state index contributed by atoms with van der Waals surface area (Å²) in [6, 6.07) is 12.6. The van der Waals surface area contributed by atoms with E-state index in [1.54, 1.807) is 11.3 Å². The second-order valence-corrected chi connectivity index (χ2v) is 8.23. The van der Waals surface area contributed by atoms with Gasteiger partial charge in [-0.3, -0.25) is 4.79 Å². The highest BCUT2D eigenvalue weighted by molar-refractivity contribution is 7.26. The molecule has 1 aromatic carbocycles. The fourth-order valence-corrected chi connectivity index (χ4v) is 4.96. The van der Waals surface area contributed by atoms with Gasteiger partial charge in [-0.2, -0.15) is 0 Å². The summed E-state index contributed by atoms with van der Waals surface area (Å²) >= 11 is 3.18. The van der Waals surface area contributed by atoms with Crippen molar-refractivity contribution in [3.8, 4) is 9.88 Å². The Labute approximate surface area is 161 Å². The number of benzene rings is 1. The Morgan fingerprint density at radius 2 is 2.08 bits per heavy atom. The van der Waals surface area contributed by atoms with Crippen LogP contribution in [0.1, 0.15) is 29.4 Å². The molecule has 0 saturated carbocycles. The highest BCUT2D eigenvalue weighted by Crippen LogP contribution is 2.34. The lowest BCUT2D eigenvalue weighted by atomic mass is 10.00. The minimum atomic E-state index is 0. The Bertz CT molecular complexity index is 843. The summed E-state index contributed by atoms with van der Waals surface area (Å²) in [6.45, 7) is 3.17. The third-order valence-corrected chi connectivity index (χ3v) is 6.70. The number of fused-ring (bicyclic) bond motifs is 1. The molecule has 1 aliphatic rings. The highest BCUT2D eigenvalue weighted by Gasteiger charge is 2.23. The molecule has 0 bridgehead atoms. The van der Waals surface area contributed by atoms with E-state index >= 15 is 0 Å². The van der Waals surface area contributed by atoms with Gasteiger partial charge in [0.25, 0.3) is 5.91 Å². The zero-order chi connectivity index (χ0) is 16.5. The number of amides is 1. The summed E-state index contributed by atoms with van der Waals surface area (Å²) in [7, 11) is 0. The van der Waals surface area contributed by atoms with Crippen LogP contribution in [-0.2, 0) is 0 Å². The van der Waals surface area contributed by atoms with Gasteiger partial charge >= 0.3 is 0 Å². The van der Waals surface area contributed by atoms with Crippen LogP contribution in [0.25, 0.3) is 20.1 Å². The first-order valence-corrected chi connectivity index (χ1v) is 9.84. The number of halogens is 1. The van der Waals surface area contributed by atoms with Gasteiger partial charge in [0.05, 0.1) is 20.0 Å². The first kappa shape index (κ1) is 18.3. The summed E-state index contributed by atoms with van der Waals surface area (Å²) in [4.78, 5) is 19.0. The monoisotopic (exact) mass is 393 g/mol. The van der Waals surface area contributed by atoms with Gasteiger partial charge in [0.2, 0.25) is 0 Å². The Morgan fingerprint density at radius 3 is 2.88 bits per heavy atom. The minimum absolute atomic E-state index is 0. The van der Waals surface area contributed by atoms with Gasteiger partial charge in [-0.05, 0) is 50.6 Å². The van der Waals surface area contributed by atoms with Crippen LogP contribution in [0.3, 0.4) is 0 Å². The number of hydrogen-bond acceptors (Lipinski definition) is 5. The van der Waals surface area contributed by atoms with Gasteiger partial charge in [0.1, 0.15) is 5.01 Å². The molecule has 0 spiro atoms. The molecule has 2 atom stereocenters. The number of rotatable bonds is 3. The lowest BCUT2D eigenvalue weighted by Gasteiger charge is -2.30. The second kappa shape index (κ2) is 7.83. The number of aromatic nitrogens is 1. The second-order valence-electron chi connectivity index (χ2n) is 6.12. The zero-order valence-corrected chi connectivity index (χ0v) is 16.3. The SMILES string of the molecule is CC1NCCCC1NC(=O)c1ccc(-c2nc3ccccc3s2)s1.Cl. The van der Waals surface area contributed by atoms with Gasteiger partial charge in [0.15, 0.2) is 0 Å². The van der Waals surface area contributed by atoms with E-state index in [0.29, 0.717) is 6.04 Å². The topological polar surface area (TPSA) is 54.0 Å². The molecule has 1 fully saturated rings. The Balaban J connectivity index is 0.00000182. The van der Waals surface area contributed by atoms with E-state index in [-0.39, 0.29) is 24.4 Å². The molecule has 1 aliphatic heterocycles. The van der Waals surface area contributed by atoms with E-state index in [0.717, 1.165) is 39.7 Å². The number of para-hydroxylation sites is 1. The molecule has 4 rings (SSSR count). The third kappa shape index (κ3) is 3.87. The van der Waals surface area contributed by atoms with Gasteiger partial charge in [-0.15, -0.1) is 35.1 Å². The molecule has 2 aromatic heterocycles. The molecule has 7 heteroatoms. The molecular formula is C18H20ClN3OS2. The third-order valence-electron chi connectivity index (χ3n) is 4.41. The van der Waals surface area contributed by atoms with Crippen molar-refractivity contribution in [2.75, 3.05) is 6.54 Å². The van der Waals surface area contributed by atoms with Crippen molar-refractivity contribution in [3.05, 3.63) is 41.3 Å². The number of piperidine rings is 1. The molecule has 1 saturated heterocycles. The van der Waals surface area contributed by atoms with Crippen LogP contribution in [0.5, 0.6) is 0 Å². The van der Waals surface area contributed by atoms with Crippen LogP contribution in [-0.4, -0.2) is 29.5 Å².